The normalized spacial score (nSPS) is 12.3. The van der Waals surface area contributed by atoms with Gasteiger partial charge in [-0.05, 0) is 38.5 Å². The van der Waals surface area contributed by atoms with Gasteiger partial charge in [-0.3, -0.25) is 4.79 Å². The van der Waals surface area contributed by atoms with Gasteiger partial charge in [-0.15, -0.1) is 0 Å². The molecule has 0 aliphatic rings. The summed E-state index contributed by atoms with van der Waals surface area (Å²) in [5.41, 5.74) is 0.860. The van der Waals surface area contributed by atoms with Crippen LogP contribution in [0, 0.1) is 5.82 Å². The van der Waals surface area contributed by atoms with E-state index < -0.39 is 5.82 Å². The van der Waals surface area contributed by atoms with Crippen molar-refractivity contribution in [2.24, 2.45) is 0 Å². The maximum atomic E-state index is 13.1. The van der Waals surface area contributed by atoms with Crippen molar-refractivity contribution in [3.8, 4) is 0 Å². The molecule has 1 aromatic rings. The third kappa shape index (κ3) is 4.48. The van der Waals surface area contributed by atoms with Crippen LogP contribution in [0.15, 0.2) is 18.2 Å². The highest BCUT2D eigenvalue weighted by molar-refractivity contribution is 6.30. The van der Waals surface area contributed by atoms with Crippen molar-refractivity contribution in [3.63, 3.8) is 0 Å². The molecule has 0 fully saturated rings. The van der Waals surface area contributed by atoms with E-state index in [1.807, 2.05) is 20.8 Å². The van der Waals surface area contributed by atoms with Gasteiger partial charge >= 0.3 is 0 Å². The zero-order valence-electron chi connectivity index (χ0n) is 11.5. The van der Waals surface area contributed by atoms with Crippen molar-refractivity contribution in [1.29, 1.82) is 0 Å². The minimum absolute atomic E-state index is 0.0578. The lowest BCUT2D eigenvalue weighted by molar-refractivity contribution is -0.129. The number of amides is 1. The number of benzene rings is 1. The first-order valence-corrected chi connectivity index (χ1v) is 6.83. The van der Waals surface area contributed by atoms with E-state index in [9.17, 15) is 9.18 Å². The van der Waals surface area contributed by atoms with Gasteiger partial charge in [-0.25, -0.2) is 4.39 Å². The Hall–Kier alpha value is -1.13. The quantitative estimate of drug-likeness (QED) is 0.872. The standard InChI is InChI=1S/C14H20ClFN2O/c1-4-18(5-2)14(19)9-17-10(3)11-6-7-13(16)12(15)8-11/h6-8,10,17H,4-5,9H2,1-3H3. The molecule has 0 aromatic heterocycles. The Labute approximate surface area is 118 Å². The Bertz CT molecular complexity index is 435. The number of halogens is 2. The second-order valence-electron chi connectivity index (χ2n) is 4.34. The van der Waals surface area contributed by atoms with Crippen LogP contribution in [0.3, 0.4) is 0 Å². The van der Waals surface area contributed by atoms with E-state index in [1.54, 1.807) is 17.0 Å². The van der Waals surface area contributed by atoms with E-state index in [4.69, 9.17) is 11.6 Å². The maximum Gasteiger partial charge on any atom is 0.236 e. The highest BCUT2D eigenvalue weighted by atomic mass is 35.5. The lowest BCUT2D eigenvalue weighted by Gasteiger charge is -2.21. The molecule has 0 saturated carbocycles. The molecule has 0 spiro atoms. The van der Waals surface area contributed by atoms with E-state index in [0.717, 1.165) is 5.56 Å². The molecule has 5 heteroatoms. The fraction of sp³-hybridized carbons (Fsp3) is 0.500. The molecular weight excluding hydrogens is 267 g/mol. The van der Waals surface area contributed by atoms with Crippen molar-refractivity contribution < 1.29 is 9.18 Å². The summed E-state index contributed by atoms with van der Waals surface area (Å²) in [6.07, 6.45) is 0. The molecule has 0 saturated heterocycles. The van der Waals surface area contributed by atoms with Crippen LogP contribution in [0.5, 0.6) is 0 Å². The molecule has 1 aromatic carbocycles. The van der Waals surface area contributed by atoms with Crippen LogP contribution in [0.1, 0.15) is 32.4 Å². The number of hydrogen-bond donors (Lipinski definition) is 1. The summed E-state index contributed by atoms with van der Waals surface area (Å²) in [6.45, 7) is 7.48. The number of likely N-dealkylation sites (N-methyl/N-ethyl adjacent to an activating group) is 1. The fourth-order valence-corrected chi connectivity index (χ4v) is 2.02. The van der Waals surface area contributed by atoms with Crippen LogP contribution in [-0.2, 0) is 4.79 Å². The van der Waals surface area contributed by atoms with Crippen molar-refractivity contribution in [3.05, 3.63) is 34.6 Å². The molecular formula is C14H20ClFN2O. The number of hydrogen-bond acceptors (Lipinski definition) is 2. The summed E-state index contributed by atoms with van der Waals surface area (Å²) in [6, 6.07) is 4.52. The van der Waals surface area contributed by atoms with Crippen molar-refractivity contribution in [1.82, 2.24) is 10.2 Å². The minimum atomic E-state index is -0.433. The van der Waals surface area contributed by atoms with Gasteiger partial charge < -0.3 is 10.2 Å². The number of rotatable bonds is 6. The Kier molecular flexibility index (Phi) is 6.25. The SMILES string of the molecule is CCN(CC)C(=O)CNC(C)c1ccc(F)c(Cl)c1. The largest absolute Gasteiger partial charge is 0.342 e. The lowest BCUT2D eigenvalue weighted by Crippen LogP contribution is -2.38. The van der Waals surface area contributed by atoms with Gasteiger partial charge in [0.25, 0.3) is 0 Å². The molecule has 1 atom stereocenters. The molecule has 0 radical (unpaired) electrons. The Morgan fingerprint density at radius 1 is 1.42 bits per heavy atom. The lowest BCUT2D eigenvalue weighted by atomic mass is 10.1. The molecule has 1 unspecified atom stereocenters. The van der Waals surface area contributed by atoms with E-state index in [2.05, 4.69) is 5.32 Å². The van der Waals surface area contributed by atoms with Crippen molar-refractivity contribution in [2.75, 3.05) is 19.6 Å². The third-order valence-electron chi connectivity index (χ3n) is 3.12. The molecule has 0 heterocycles. The molecule has 1 amide bonds. The zero-order chi connectivity index (χ0) is 14.4. The molecule has 1 rings (SSSR count). The monoisotopic (exact) mass is 286 g/mol. The smallest absolute Gasteiger partial charge is 0.236 e. The van der Waals surface area contributed by atoms with Crippen molar-refractivity contribution in [2.45, 2.75) is 26.8 Å². The van der Waals surface area contributed by atoms with Crippen LogP contribution in [0.25, 0.3) is 0 Å². The van der Waals surface area contributed by atoms with E-state index in [-0.39, 0.29) is 23.5 Å². The number of carbonyl (C=O) groups excluding carboxylic acids is 1. The molecule has 3 nitrogen and oxygen atoms in total. The summed E-state index contributed by atoms with van der Waals surface area (Å²) in [4.78, 5) is 13.6. The average Bonchev–Trinajstić information content (AvgIpc) is 2.40. The highest BCUT2D eigenvalue weighted by Gasteiger charge is 2.12. The Morgan fingerprint density at radius 3 is 2.58 bits per heavy atom. The van der Waals surface area contributed by atoms with Crippen LogP contribution in [-0.4, -0.2) is 30.4 Å². The van der Waals surface area contributed by atoms with Gasteiger partial charge in [-0.1, -0.05) is 17.7 Å². The van der Waals surface area contributed by atoms with Gasteiger partial charge in [0.1, 0.15) is 5.82 Å². The summed E-state index contributed by atoms with van der Waals surface area (Å²) >= 11 is 5.74. The first kappa shape index (κ1) is 15.9. The fourth-order valence-electron chi connectivity index (χ4n) is 1.83. The molecule has 0 aliphatic heterocycles. The first-order chi connectivity index (χ1) is 8.99. The molecule has 19 heavy (non-hydrogen) atoms. The average molecular weight is 287 g/mol. The summed E-state index contributed by atoms with van der Waals surface area (Å²) < 4.78 is 13.1. The van der Waals surface area contributed by atoms with Gasteiger partial charge in [0.2, 0.25) is 5.91 Å². The van der Waals surface area contributed by atoms with E-state index in [1.165, 1.54) is 6.07 Å². The molecule has 0 aliphatic carbocycles. The van der Waals surface area contributed by atoms with Crippen molar-refractivity contribution >= 4 is 17.5 Å². The number of carbonyl (C=O) groups is 1. The minimum Gasteiger partial charge on any atom is -0.342 e. The highest BCUT2D eigenvalue weighted by Crippen LogP contribution is 2.20. The summed E-state index contributed by atoms with van der Waals surface area (Å²) in [5.74, 6) is -0.373. The molecule has 1 N–H and O–H groups in total. The predicted molar refractivity (Wildman–Crippen MR) is 75.8 cm³/mol. The van der Waals surface area contributed by atoms with E-state index >= 15 is 0 Å². The van der Waals surface area contributed by atoms with Crippen LogP contribution in [0.2, 0.25) is 5.02 Å². The Morgan fingerprint density at radius 2 is 2.05 bits per heavy atom. The van der Waals surface area contributed by atoms with Gasteiger partial charge in [0, 0.05) is 19.1 Å². The van der Waals surface area contributed by atoms with Crippen LogP contribution < -0.4 is 5.32 Å². The second-order valence-corrected chi connectivity index (χ2v) is 4.75. The van der Waals surface area contributed by atoms with E-state index in [0.29, 0.717) is 13.1 Å². The number of nitrogens with zero attached hydrogens (tertiary/aromatic N) is 1. The zero-order valence-corrected chi connectivity index (χ0v) is 12.3. The summed E-state index contributed by atoms with van der Waals surface area (Å²) in [7, 11) is 0. The second kappa shape index (κ2) is 7.46. The molecule has 106 valence electrons. The predicted octanol–water partition coefficient (Wildman–Crippen LogP) is 3.00. The van der Waals surface area contributed by atoms with Crippen LogP contribution >= 0.6 is 11.6 Å². The topological polar surface area (TPSA) is 32.3 Å². The van der Waals surface area contributed by atoms with Gasteiger partial charge in [0.15, 0.2) is 0 Å². The number of nitrogens with one attached hydrogen (secondary N) is 1. The third-order valence-corrected chi connectivity index (χ3v) is 3.41. The molecule has 0 bridgehead atoms. The first-order valence-electron chi connectivity index (χ1n) is 6.45. The maximum absolute atomic E-state index is 13.1. The summed E-state index contributed by atoms with van der Waals surface area (Å²) in [5, 5.41) is 3.22. The van der Waals surface area contributed by atoms with Crippen LogP contribution in [0.4, 0.5) is 4.39 Å². The van der Waals surface area contributed by atoms with Gasteiger partial charge in [0.05, 0.1) is 11.6 Å². The Balaban J connectivity index is 2.57. The van der Waals surface area contributed by atoms with Gasteiger partial charge in [-0.2, -0.15) is 0 Å².